The zero-order valence-corrected chi connectivity index (χ0v) is 12.4. The van der Waals surface area contributed by atoms with E-state index in [1.54, 1.807) is 13.8 Å². The molecule has 4 nitrogen and oxygen atoms in total. The number of nitrogens with one attached hydrogen (secondary N) is 1. The molecule has 0 rings (SSSR count). The van der Waals surface area contributed by atoms with E-state index in [1.807, 2.05) is 0 Å². The molecule has 0 aliphatic carbocycles. The first-order valence-electron chi connectivity index (χ1n) is 5.39. The fourth-order valence-corrected chi connectivity index (χ4v) is 3.27. The Morgan fingerprint density at radius 3 is 2.31 bits per heavy atom. The summed E-state index contributed by atoms with van der Waals surface area (Å²) in [5.74, 6) is 0. The first kappa shape index (κ1) is 16.6. The minimum absolute atomic E-state index is 0.491. The van der Waals surface area contributed by atoms with Gasteiger partial charge in [-0.3, -0.25) is 0 Å². The SMILES string of the molecule is CC(C)(SS)S(=O)(=O)NCCCCCCN. The predicted molar refractivity (Wildman–Crippen MR) is 75.1 cm³/mol. The highest BCUT2D eigenvalue weighted by Gasteiger charge is 2.33. The first-order valence-corrected chi connectivity index (χ1v) is 8.74. The summed E-state index contributed by atoms with van der Waals surface area (Å²) in [6.07, 6.45) is 3.92. The van der Waals surface area contributed by atoms with Gasteiger partial charge in [0, 0.05) is 6.54 Å². The van der Waals surface area contributed by atoms with Crippen LogP contribution in [0.3, 0.4) is 0 Å². The topological polar surface area (TPSA) is 72.2 Å². The van der Waals surface area contributed by atoms with Crippen molar-refractivity contribution in [3.8, 4) is 0 Å². The second-order valence-corrected chi connectivity index (χ2v) is 8.42. The van der Waals surface area contributed by atoms with Crippen molar-refractivity contribution in [1.82, 2.24) is 4.72 Å². The van der Waals surface area contributed by atoms with Gasteiger partial charge < -0.3 is 5.73 Å². The summed E-state index contributed by atoms with van der Waals surface area (Å²) >= 11 is 3.97. The molecule has 0 aliphatic rings. The van der Waals surface area contributed by atoms with Crippen LogP contribution in [0.25, 0.3) is 0 Å². The van der Waals surface area contributed by atoms with Crippen LogP contribution in [0.15, 0.2) is 0 Å². The minimum Gasteiger partial charge on any atom is -0.330 e. The van der Waals surface area contributed by atoms with Gasteiger partial charge >= 0.3 is 0 Å². The van der Waals surface area contributed by atoms with Crippen molar-refractivity contribution < 1.29 is 8.42 Å². The van der Waals surface area contributed by atoms with Crippen LogP contribution >= 0.6 is 22.5 Å². The van der Waals surface area contributed by atoms with Gasteiger partial charge in [-0.1, -0.05) is 23.6 Å². The standard InChI is InChI=1S/C9H22N2O2S3/c1-9(2,15-14)16(12,13)11-8-6-4-3-5-7-10/h11,14H,3-8,10H2,1-2H3. The van der Waals surface area contributed by atoms with Gasteiger partial charge in [-0.25, -0.2) is 13.1 Å². The molecule has 0 atom stereocenters. The molecule has 0 aromatic carbocycles. The van der Waals surface area contributed by atoms with E-state index in [0.29, 0.717) is 13.1 Å². The van der Waals surface area contributed by atoms with Crippen molar-refractivity contribution >= 4 is 32.5 Å². The average Bonchev–Trinajstić information content (AvgIpc) is 2.23. The highest BCUT2D eigenvalue weighted by Crippen LogP contribution is 2.32. The molecular weight excluding hydrogens is 264 g/mol. The Morgan fingerprint density at radius 2 is 1.81 bits per heavy atom. The first-order chi connectivity index (χ1) is 7.37. The maximum atomic E-state index is 11.8. The Bertz CT molecular complexity index is 278. The summed E-state index contributed by atoms with van der Waals surface area (Å²) in [4.78, 5) is 0. The van der Waals surface area contributed by atoms with Crippen molar-refractivity contribution in [3.63, 3.8) is 0 Å². The normalized spacial score (nSPS) is 13.0. The molecule has 16 heavy (non-hydrogen) atoms. The van der Waals surface area contributed by atoms with E-state index < -0.39 is 14.1 Å². The lowest BCUT2D eigenvalue weighted by atomic mass is 10.2. The molecule has 0 bridgehead atoms. The number of hydrogen-bond donors (Lipinski definition) is 3. The zero-order chi connectivity index (χ0) is 12.7. The van der Waals surface area contributed by atoms with Crippen LogP contribution in [0, 0.1) is 0 Å². The summed E-state index contributed by atoms with van der Waals surface area (Å²) in [5.41, 5.74) is 5.36. The summed E-state index contributed by atoms with van der Waals surface area (Å²) in [6.45, 7) is 4.47. The van der Waals surface area contributed by atoms with Gasteiger partial charge in [-0.15, -0.1) is 11.7 Å². The Balaban J connectivity index is 3.84. The van der Waals surface area contributed by atoms with E-state index in [4.69, 9.17) is 5.73 Å². The predicted octanol–water partition coefficient (Wildman–Crippen LogP) is 1.74. The third-order valence-electron chi connectivity index (χ3n) is 2.29. The van der Waals surface area contributed by atoms with E-state index in [9.17, 15) is 8.42 Å². The zero-order valence-electron chi connectivity index (χ0n) is 9.90. The van der Waals surface area contributed by atoms with Crippen molar-refractivity contribution in [1.29, 1.82) is 0 Å². The highest BCUT2D eigenvalue weighted by molar-refractivity contribution is 8.70. The van der Waals surface area contributed by atoms with Crippen LogP contribution in [-0.2, 0) is 10.0 Å². The number of sulfonamides is 1. The number of unbranched alkanes of at least 4 members (excludes halogenated alkanes) is 3. The lowest BCUT2D eigenvalue weighted by molar-refractivity contribution is 0.559. The van der Waals surface area contributed by atoms with E-state index >= 15 is 0 Å². The van der Waals surface area contributed by atoms with Crippen LogP contribution in [-0.4, -0.2) is 25.6 Å². The van der Waals surface area contributed by atoms with Gasteiger partial charge in [0.05, 0.1) is 0 Å². The summed E-state index contributed by atoms with van der Waals surface area (Å²) in [6, 6.07) is 0. The molecule has 0 spiro atoms. The van der Waals surface area contributed by atoms with Crippen molar-refractivity contribution in [2.24, 2.45) is 5.73 Å². The van der Waals surface area contributed by atoms with Crippen molar-refractivity contribution in [3.05, 3.63) is 0 Å². The van der Waals surface area contributed by atoms with Crippen LogP contribution in [0.1, 0.15) is 39.5 Å². The molecule has 0 aliphatic heterocycles. The Morgan fingerprint density at radius 1 is 1.25 bits per heavy atom. The second-order valence-electron chi connectivity index (χ2n) is 4.09. The van der Waals surface area contributed by atoms with Crippen LogP contribution in [0.4, 0.5) is 0 Å². The Labute approximate surface area is 108 Å². The molecular formula is C9H22N2O2S3. The van der Waals surface area contributed by atoms with Crippen LogP contribution < -0.4 is 10.5 Å². The molecule has 0 aromatic heterocycles. The fraction of sp³-hybridized carbons (Fsp3) is 1.00. The largest absolute Gasteiger partial charge is 0.330 e. The van der Waals surface area contributed by atoms with Gasteiger partial charge in [0.15, 0.2) is 0 Å². The van der Waals surface area contributed by atoms with Gasteiger partial charge in [-0.2, -0.15) is 0 Å². The molecule has 0 saturated heterocycles. The third kappa shape index (κ3) is 5.77. The molecule has 0 unspecified atom stereocenters. The minimum atomic E-state index is -3.29. The maximum absolute atomic E-state index is 11.8. The molecule has 0 heterocycles. The molecule has 0 radical (unpaired) electrons. The number of hydrogen-bond acceptors (Lipinski definition) is 5. The molecule has 0 aromatic rings. The third-order valence-corrected chi connectivity index (χ3v) is 7.26. The molecule has 0 saturated carbocycles. The van der Waals surface area contributed by atoms with E-state index in [0.717, 1.165) is 36.5 Å². The Hall–Kier alpha value is 0.570. The van der Waals surface area contributed by atoms with Gasteiger partial charge in [0.2, 0.25) is 10.0 Å². The fourth-order valence-electron chi connectivity index (χ4n) is 1.05. The van der Waals surface area contributed by atoms with E-state index in [2.05, 4.69) is 16.4 Å². The maximum Gasteiger partial charge on any atom is 0.227 e. The quantitative estimate of drug-likeness (QED) is 0.343. The van der Waals surface area contributed by atoms with E-state index in [1.165, 1.54) is 0 Å². The van der Waals surface area contributed by atoms with Crippen molar-refractivity contribution in [2.45, 2.75) is 43.6 Å². The summed E-state index contributed by atoms with van der Waals surface area (Å²) in [5, 5.41) is 0. The molecule has 98 valence electrons. The smallest absolute Gasteiger partial charge is 0.227 e. The summed E-state index contributed by atoms with van der Waals surface area (Å²) in [7, 11) is -2.26. The molecule has 7 heteroatoms. The number of thiol groups is 1. The van der Waals surface area contributed by atoms with Gasteiger partial charge in [-0.05, 0) is 33.2 Å². The number of nitrogens with two attached hydrogens (primary N) is 1. The average molecular weight is 286 g/mol. The van der Waals surface area contributed by atoms with E-state index in [-0.39, 0.29) is 0 Å². The van der Waals surface area contributed by atoms with Crippen LogP contribution in [0.5, 0.6) is 0 Å². The Kier molecular flexibility index (Phi) is 8.09. The van der Waals surface area contributed by atoms with Crippen LogP contribution in [0.2, 0.25) is 0 Å². The molecule has 0 amide bonds. The second kappa shape index (κ2) is 7.81. The van der Waals surface area contributed by atoms with Gasteiger partial charge in [0.1, 0.15) is 4.08 Å². The number of rotatable bonds is 9. The summed E-state index contributed by atoms with van der Waals surface area (Å²) < 4.78 is 25.2. The lowest BCUT2D eigenvalue weighted by Gasteiger charge is -2.21. The molecule has 3 N–H and O–H groups in total. The van der Waals surface area contributed by atoms with Crippen molar-refractivity contribution in [2.75, 3.05) is 13.1 Å². The van der Waals surface area contributed by atoms with Gasteiger partial charge in [0.25, 0.3) is 0 Å². The molecule has 0 fully saturated rings. The highest BCUT2D eigenvalue weighted by atomic mass is 33.1. The lowest BCUT2D eigenvalue weighted by Crippen LogP contribution is -2.39. The monoisotopic (exact) mass is 286 g/mol.